The molecule has 0 bridgehead atoms. The second-order valence-electron chi connectivity index (χ2n) is 9.94. The van der Waals surface area contributed by atoms with E-state index in [0.29, 0.717) is 29.4 Å². The van der Waals surface area contributed by atoms with Crippen molar-refractivity contribution in [2.24, 2.45) is 11.8 Å². The number of hydrogen-bond donors (Lipinski definition) is 0. The van der Waals surface area contributed by atoms with Crippen molar-refractivity contribution in [1.29, 1.82) is 0 Å². The summed E-state index contributed by atoms with van der Waals surface area (Å²) in [6.45, 7) is 4.24. The van der Waals surface area contributed by atoms with E-state index in [2.05, 4.69) is 6.92 Å². The number of carbonyl (C=O) groups excluding carboxylic acids is 2. The minimum atomic E-state index is -0.375. The molecule has 0 aromatic heterocycles. The van der Waals surface area contributed by atoms with Crippen LogP contribution in [0.4, 0.5) is 5.69 Å². The Kier molecular flexibility index (Phi) is 7.00. The first-order valence-electron chi connectivity index (χ1n) is 12.1. The predicted molar refractivity (Wildman–Crippen MR) is 121 cm³/mol. The minimum Gasteiger partial charge on any atom is -0.465 e. The molecule has 5 nitrogen and oxygen atoms in total. The van der Waals surface area contributed by atoms with E-state index in [1.807, 2.05) is 30.0 Å². The number of benzene rings is 1. The number of nitrogens with zero attached hydrogens (tertiary/aromatic N) is 1. The Morgan fingerprint density at radius 1 is 0.903 bits per heavy atom. The van der Waals surface area contributed by atoms with Crippen molar-refractivity contribution in [2.75, 3.05) is 12.0 Å². The Labute approximate surface area is 186 Å². The predicted octanol–water partition coefficient (Wildman–Crippen LogP) is 5.43. The molecule has 0 spiro atoms. The van der Waals surface area contributed by atoms with E-state index >= 15 is 0 Å². The third-order valence-corrected chi connectivity index (χ3v) is 7.34. The number of anilines is 1. The van der Waals surface area contributed by atoms with Crippen LogP contribution in [-0.4, -0.2) is 37.2 Å². The summed E-state index contributed by atoms with van der Waals surface area (Å²) in [5.74, 6) is 0.549. The summed E-state index contributed by atoms with van der Waals surface area (Å²) in [6.07, 6.45) is 11.0. The minimum absolute atomic E-state index is 0.0448. The lowest BCUT2D eigenvalue weighted by atomic mass is 9.81. The molecule has 5 heteroatoms. The second kappa shape index (κ2) is 9.72. The molecule has 31 heavy (non-hydrogen) atoms. The molecular weight excluding hydrogens is 390 g/mol. The maximum atomic E-state index is 13.9. The number of methoxy groups -OCH3 is 1. The molecule has 1 aromatic rings. The lowest BCUT2D eigenvalue weighted by Crippen LogP contribution is -2.47. The normalized spacial score (nSPS) is 28.7. The van der Waals surface area contributed by atoms with Crippen LogP contribution < -0.4 is 4.90 Å². The van der Waals surface area contributed by atoms with Gasteiger partial charge in [-0.3, -0.25) is 4.79 Å². The van der Waals surface area contributed by atoms with Crippen molar-refractivity contribution < 1.29 is 19.1 Å². The van der Waals surface area contributed by atoms with Gasteiger partial charge in [-0.2, -0.15) is 0 Å². The van der Waals surface area contributed by atoms with Crippen molar-refractivity contribution in [3.05, 3.63) is 29.3 Å². The SMILES string of the molecule is COC(=O)c1cc(C)ccc1N(C(=O)[C@H]1CC[C@H](C)CC1)[C@H]1CC[C@H](OC2CC2)CC1. The second-order valence-corrected chi connectivity index (χ2v) is 9.94. The fraction of sp³-hybridized carbons (Fsp3) is 0.692. The molecule has 0 aliphatic heterocycles. The van der Waals surface area contributed by atoms with Crippen LogP contribution in [0, 0.1) is 18.8 Å². The first-order valence-corrected chi connectivity index (χ1v) is 12.1. The van der Waals surface area contributed by atoms with Crippen LogP contribution in [0.3, 0.4) is 0 Å². The molecule has 0 saturated heterocycles. The number of ether oxygens (including phenoxy) is 2. The van der Waals surface area contributed by atoms with Crippen molar-refractivity contribution in [3.8, 4) is 0 Å². The van der Waals surface area contributed by atoms with Gasteiger partial charge in [-0.05, 0) is 89.2 Å². The molecule has 0 N–H and O–H groups in total. The van der Waals surface area contributed by atoms with Crippen molar-refractivity contribution in [3.63, 3.8) is 0 Å². The number of carbonyl (C=O) groups is 2. The molecule has 3 aliphatic rings. The van der Waals surface area contributed by atoms with E-state index in [4.69, 9.17) is 9.47 Å². The zero-order valence-electron chi connectivity index (χ0n) is 19.3. The molecule has 3 fully saturated rings. The van der Waals surface area contributed by atoms with Crippen molar-refractivity contribution >= 4 is 17.6 Å². The van der Waals surface area contributed by atoms with E-state index in [1.165, 1.54) is 20.0 Å². The van der Waals surface area contributed by atoms with E-state index in [-0.39, 0.29) is 23.8 Å². The molecule has 0 radical (unpaired) electrons. The average molecular weight is 428 g/mol. The van der Waals surface area contributed by atoms with Crippen LogP contribution in [0.2, 0.25) is 0 Å². The first kappa shape index (κ1) is 22.3. The summed E-state index contributed by atoms with van der Waals surface area (Å²) < 4.78 is 11.2. The summed E-state index contributed by atoms with van der Waals surface area (Å²) in [6, 6.07) is 5.90. The Balaban J connectivity index is 1.60. The van der Waals surface area contributed by atoms with Gasteiger partial charge in [0.05, 0.1) is 30.6 Å². The maximum Gasteiger partial charge on any atom is 0.339 e. The lowest BCUT2D eigenvalue weighted by molar-refractivity contribution is -0.124. The van der Waals surface area contributed by atoms with Gasteiger partial charge in [0, 0.05) is 12.0 Å². The van der Waals surface area contributed by atoms with Crippen LogP contribution in [0.5, 0.6) is 0 Å². The van der Waals surface area contributed by atoms with Crippen LogP contribution in [0.15, 0.2) is 18.2 Å². The van der Waals surface area contributed by atoms with Gasteiger partial charge in [-0.15, -0.1) is 0 Å². The zero-order chi connectivity index (χ0) is 22.0. The third-order valence-electron chi connectivity index (χ3n) is 7.34. The highest BCUT2D eigenvalue weighted by Gasteiger charge is 2.37. The van der Waals surface area contributed by atoms with E-state index in [0.717, 1.165) is 56.9 Å². The van der Waals surface area contributed by atoms with Gasteiger partial charge in [-0.1, -0.05) is 18.6 Å². The molecule has 0 heterocycles. The number of hydrogen-bond acceptors (Lipinski definition) is 4. The molecule has 170 valence electrons. The lowest BCUT2D eigenvalue weighted by Gasteiger charge is -2.40. The van der Waals surface area contributed by atoms with Gasteiger partial charge in [0.2, 0.25) is 5.91 Å². The summed E-state index contributed by atoms with van der Waals surface area (Å²) in [5, 5.41) is 0. The molecule has 4 rings (SSSR count). The van der Waals surface area contributed by atoms with Gasteiger partial charge in [0.15, 0.2) is 0 Å². The zero-order valence-corrected chi connectivity index (χ0v) is 19.3. The molecule has 1 aromatic carbocycles. The molecular formula is C26H37NO4. The van der Waals surface area contributed by atoms with Gasteiger partial charge in [-0.25, -0.2) is 4.79 Å². The largest absolute Gasteiger partial charge is 0.465 e. The smallest absolute Gasteiger partial charge is 0.339 e. The monoisotopic (exact) mass is 427 g/mol. The number of aryl methyl sites for hydroxylation is 1. The fourth-order valence-corrected chi connectivity index (χ4v) is 5.25. The van der Waals surface area contributed by atoms with Crippen LogP contribution in [0.1, 0.15) is 87.1 Å². The highest BCUT2D eigenvalue weighted by Crippen LogP contribution is 2.38. The maximum absolute atomic E-state index is 13.9. The molecule has 0 atom stereocenters. The first-order chi connectivity index (χ1) is 15.0. The molecule has 3 aliphatic carbocycles. The highest BCUT2D eigenvalue weighted by molar-refractivity contribution is 6.03. The molecule has 3 saturated carbocycles. The molecule has 0 unspecified atom stereocenters. The van der Waals surface area contributed by atoms with Crippen LogP contribution in [0.25, 0.3) is 0 Å². The van der Waals surface area contributed by atoms with E-state index < -0.39 is 0 Å². The molecule has 1 amide bonds. The standard InChI is InChI=1S/C26H37NO4/c1-17-4-7-19(8-5-17)25(28)27(20-9-11-21(12-10-20)31-22-13-14-22)24-15-6-18(2)16-23(24)26(29)30-3/h6,15-17,19-22H,4-5,7-14H2,1-3H3/t17-,19-,20-,21-. The Hall–Kier alpha value is -1.88. The Morgan fingerprint density at radius 3 is 2.10 bits per heavy atom. The Morgan fingerprint density at radius 2 is 1.52 bits per heavy atom. The summed E-state index contributed by atoms with van der Waals surface area (Å²) in [7, 11) is 1.41. The summed E-state index contributed by atoms with van der Waals surface area (Å²) in [5.41, 5.74) is 2.20. The average Bonchev–Trinajstić information content (AvgIpc) is 3.60. The topological polar surface area (TPSA) is 55.8 Å². The van der Waals surface area contributed by atoms with Gasteiger partial charge >= 0.3 is 5.97 Å². The van der Waals surface area contributed by atoms with Gasteiger partial charge < -0.3 is 14.4 Å². The van der Waals surface area contributed by atoms with E-state index in [1.54, 1.807) is 0 Å². The number of esters is 1. The number of rotatable bonds is 6. The third kappa shape index (κ3) is 5.31. The van der Waals surface area contributed by atoms with Gasteiger partial charge in [0.25, 0.3) is 0 Å². The Bertz CT molecular complexity index is 787. The summed E-state index contributed by atoms with van der Waals surface area (Å²) in [4.78, 5) is 28.5. The van der Waals surface area contributed by atoms with Crippen LogP contribution in [-0.2, 0) is 14.3 Å². The van der Waals surface area contributed by atoms with E-state index in [9.17, 15) is 9.59 Å². The quantitative estimate of drug-likeness (QED) is 0.568. The fourth-order valence-electron chi connectivity index (χ4n) is 5.25. The summed E-state index contributed by atoms with van der Waals surface area (Å²) >= 11 is 0. The van der Waals surface area contributed by atoms with Gasteiger partial charge in [0.1, 0.15) is 0 Å². The van der Waals surface area contributed by atoms with Crippen molar-refractivity contribution in [1.82, 2.24) is 0 Å². The number of amides is 1. The van der Waals surface area contributed by atoms with Crippen molar-refractivity contribution in [2.45, 2.75) is 96.3 Å². The highest BCUT2D eigenvalue weighted by atomic mass is 16.5. The van der Waals surface area contributed by atoms with Crippen LogP contribution >= 0.6 is 0 Å².